The molecule has 3 heterocycles. The van der Waals surface area contributed by atoms with Crippen LogP contribution in [0.5, 0.6) is 0 Å². The van der Waals surface area contributed by atoms with E-state index in [1.165, 1.54) is 29.0 Å². The van der Waals surface area contributed by atoms with Crippen molar-refractivity contribution >= 4 is 0 Å². The van der Waals surface area contributed by atoms with Gasteiger partial charge >= 0.3 is 0 Å². The molecule has 3 nitrogen and oxygen atoms in total. The molecule has 0 saturated carbocycles. The van der Waals surface area contributed by atoms with Crippen LogP contribution in [0.15, 0.2) is 55.0 Å². The minimum Gasteiger partial charge on any atom is -0.344 e. The van der Waals surface area contributed by atoms with E-state index in [1.807, 2.05) is 24.5 Å². The predicted octanol–water partition coefficient (Wildman–Crippen LogP) is 4.59. The first-order chi connectivity index (χ1) is 12.2. The third-order valence-electron chi connectivity index (χ3n) is 5.01. The molecule has 0 aliphatic carbocycles. The van der Waals surface area contributed by atoms with Crippen molar-refractivity contribution in [1.29, 1.82) is 0 Å². The van der Waals surface area contributed by atoms with Crippen LogP contribution in [0.2, 0.25) is 0 Å². The maximum absolute atomic E-state index is 13.4. The van der Waals surface area contributed by atoms with E-state index in [2.05, 4.69) is 40.1 Å². The molecular weight excluding hydrogens is 313 g/mol. The van der Waals surface area contributed by atoms with Gasteiger partial charge in [0.05, 0.1) is 5.69 Å². The van der Waals surface area contributed by atoms with Crippen LogP contribution in [0.3, 0.4) is 0 Å². The van der Waals surface area contributed by atoms with Gasteiger partial charge < -0.3 is 9.88 Å². The van der Waals surface area contributed by atoms with Gasteiger partial charge in [0, 0.05) is 35.8 Å². The highest BCUT2D eigenvalue weighted by Gasteiger charge is 2.23. The van der Waals surface area contributed by atoms with Crippen LogP contribution in [0.25, 0.3) is 22.4 Å². The van der Waals surface area contributed by atoms with Crippen molar-refractivity contribution in [2.24, 2.45) is 0 Å². The van der Waals surface area contributed by atoms with Gasteiger partial charge in [-0.3, -0.25) is 4.98 Å². The number of benzene rings is 1. The zero-order valence-corrected chi connectivity index (χ0v) is 14.4. The first-order valence-corrected chi connectivity index (χ1v) is 8.82. The molecule has 0 unspecified atom stereocenters. The Balaban J connectivity index is 1.91. The van der Waals surface area contributed by atoms with Crippen molar-refractivity contribution in [1.82, 2.24) is 14.9 Å². The van der Waals surface area contributed by atoms with Gasteiger partial charge in [-0.1, -0.05) is 12.1 Å². The lowest BCUT2D eigenvalue weighted by atomic mass is 9.98. The van der Waals surface area contributed by atoms with Crippen LogP contribution < -0.4 is 5.32 Å². The fourth-order valence-electron chi connectivity index (χ4n) is 3.81. The lowest BCUT2D eigenvalue weighted by Crippen LogP contribution is -2.29. The summed E-state index contributed by atoms with van der Waals surface area (Å²) >= 11 is 0. The highest BCUT2D eigenvalue weighted by atomic mass is 19.1. The zero-order valence-electron chi connectivity index (χ0n) is 14.4. The number of pyridine rings is 1. The van der Waals surface area contributed by atoms with E-state index in [0.29, 0.717) is 6.04 Å². The van der Waals surface area contributed by atoms with Gasteiger partial charge in [-0.05, 0) is 68.2 Å². The number of nitrogens with one attached hydrogen (secondary N) is 1. The van der Waals surface area contributed by atoms with Crippen LogP contribution in [-0.4, -0.2) is 22.6 Å². The smallest absolute Gasteiger partial charge is 0.123 e. The van der Waals surface area contributed by atoms with E-state index in [9.17, 15) is 4.39 Å². The number of aromatic nitrogens is 2. The van der Waals surface area contributed by atoms with Crippen LogP contribution in [0, 0.1) is 12.7 Å². The molecule has 1 aromatic carbocycles. The van der Waals surface area contributed by atoms with Gasteiger partial charge in [-0.2, -0.15) is 0 Å². The highest BCUT2D eigenvalue weighted by Crippen LogP contribution is 2.39. The largest absolute Gasteiger partial charge is 0.344 e. The number of hydrogen-bond donors (Lipinski definition) is 1. The fourth-order valence-corrected chi connectivity index (χ4v) is 3.81. The van der Waals surface area contributed by atoms with Crippen molar-refractivity contribution < 1.29 is 4.39 Å². The molecule has 2 aromatic heterocycles. The lowest BCUT2D eigenvalue weighted by Gasteiger charge is -2.26. The number of aryl methyl sites for hydroxylation is 1. The molecule has 0 radical (unpaired) electrons. The average molecular weight is 335 g/mol. The molecule has 25 heavy (non-hydrogen) atoms. The molecule has 0 atom stereocenters. The van der Waals surface area contributed by atoms with Crippen molar-refractivity contribution in [3.8, 4) is 22.4 Å². The Morgan fingerprint density at radius 2 is 1.68 bits per heavy atom. The lowest BCUT2D eigenvalue weighted by molar-refractivity contribution is 0.371. The van der Waals surface area contributed by atoms with Crippen molar-refractivity contribution in [2.45, 2.75) is 25.8 Å². The first kappa shape index (κ1) is 16.0. The number of piperidine rings is 1. The van der Waals surface area contributed by atoms with Crippen molar-refractivity contribution in [2.75, 3.05) is 13.1 Å². The van der Waals surface area contributed by atoms with Crippen LogP contribution in [0.4, 0.5) is 4.39 Å². The minimum absolute atomic E-state index is 0.204. The van der Waals surface area contributed by atoms with Crippen LogP contribution in [0.1, 0.15) is 24.4 Å². The molecule has 1 aliphatic rings. The van der Waals surface area contributed by atoms with Gasteiger partial charge in [-0.15, -0.1) is 0 Å². The van der Waals surface area contributed by atoms with E-state index in [0.717, 1.165) is 37.1 Å². The van der Waals surface area contributed by atoms with Crippen LogP contribution >= 0.6 is 0 Å². The van der Waals surface area contributed by atoms with E-state index < -0.39 is 0 Å². The van der Waals surface area contributed by atoms with E-state index in [-0.39, 0.29) is 5.82 Å². The molecule has 1 N–H and O–H groups in total. The Kier molecular flexibility index (Phi) is 4.36. The molecule has 128 valence electrons. The SMILES string of the molecule is Cc1cn(C2CCNCC2)c(-c2ccncc2)c1-c1ccc(F)cc1. The normalized spacial score (nSPS) is 15.4. The molecule has 1 saturated heterocycles. The number of hydrogen-bond acceptors (Lipinski definition) is 2. The quantitative estimate of drug-likeness (QED) is 0.759. The molecule has 0 amide bonds. The molecule has 0 spiro atoms. The molecule has 4 heteroatoms. The van der Waals surface area contributed by atoms with E-state index in [1.54, 1.807) is 0 Å². The van der Waals surface area contributed by atoms with Gasteiger partial charge in [0.25, 0.3) is 0 Å². The monoisotopic (exact) mass is 335 g/mol. The molecule has 4 rings (SSSR count). The van der Waals surface area contributed by atoms with Crippen LogP contribution in [-0.2, 0) is 0 Å². The second-order valence-electron chi connectivity index (χ2n) is 6.67. The summed E-state index contributed by atoms with van der Waals surface area (Å²) in [5.41, 5.74) is 5.82. The molecule has 1 aliphatic heterocycles. The Morgan fingerprint density at radius 3 is 2.36 bits per heavy atom. The number of rotatable bonds is 3. The molecular formula is C21H22FN3. The maximum atomic E-state index is 13.4. The Morgan fingerprint density at radius 1 is 1.00 bits per heavy atom. The molecule has 0 bridgehead atoms. The summed E-state index contributed by atoms with van der Waals surface area (Å²) in [6.07, 6.45) is 8.16. The zero-order chi connectivity index (χ0) is 17.2. The maximum Gasteiger partial charge on any atom is 0.123 e. The van der Waals surface area contributed by atoms with Gasteiger partial charge in [0.1, 0.15) is 5.82 Å². The number of halogens is 1. The van der Waals surface area contributed by atoms with E-state index in [4.69, 9.17) is 0 Å². The van der Waals surface area contributed by atoms with Gasteiger partial charge in [0.2, 0.25) is 0 Å². The number of nitrogens with zero attached hydrogens (tertiary/aromatic N) is 2. The summed E-state index contributed by atoms with van der Waals surface area (Å²) in [4.78, 5) is 4.17. The Bertz CT molecular complexity index is 847. The third-order valence-corrected chi connectivity index (χ3v) is 5.01. The molecule has 1 fully saturated rings. The Hall–Kier alpha value is -2.46. The molecule has 3 aromatic rings. The summed E-state index contributed by atoms with van der Waals surface area (Å²) in [6, 6.07) is 11.4. The van der Waals surface area contributed by atoms with E-state index >= 15 is 0 Å². The summed E-state index contributed by atoms with van der Waals surface area (Å²) in [5.74, 6) is -0.204. The van der Waals surface area contributed by atoms with Crippen molar-refractivity contribution in [3.63, 3.8) is 0 Å². The van der Waals surface area contributed by atoms with Crippen molar-refractivity contribution in [3.05, 3.63) is 66.4 Å². The predicted molar refractivity (Wildman–Crippen MR) is 98.9 cm³/mol. The first-order valence-electron chi connectivity index (χ1n) is 8.82. The highest BCUT2D eigenvalue weighted by molar-refractivity contribution is 5.84. The Labute approximate surface area is 147 Å². The standard InChI is InChI=1S/C21H22FN3/c1-15-14-25(19-8-12-24-13-9-19)21(17-6-10-23-11-7-17)20(15)16-2-4-18(22)5-3-16/h2-7,10-11,14,19,24H,8-9,12-13H2,1H3. The average Bonchev–Trinajstić information content (AvgIpc) is 3.01. The topological polar surface area (TPSA) is 29.9 Å². The summed E-state index contributed by atoms with van der Waals surface area (Å²) in [7, 11) is 0. The van der Waals surface area contributed by atoms with Gasteiger partial charge in [-0.25, -0.2) is 4.39 Å². The summed E-state index contributed by atoms with van der Waals surface area (Å²) in [6.45, 7) is 4.23. The summed E-state index contributed by atoms with van der Waals surface area (Å²) < 4.78 is 15.8. The second kappa shape index (κ2) is 6.81. The second-order valence-corrected chi connectivity index (χ2v) is 6.67. The third kappa shape index (κ3) is 3.10. The fraction of sp³-hybridized carbons (Fsp3) is 0.286. The summed E-state index contributed by atoms with van der Waals surface area (Å²) in [5, 5.41) is 3.44. The minimum atomic E-state index is -0.204. The van der Waals surface area contributed by atoms with Gasteiger partial charge in [0.15, 0.2) is 0 Å².